The first-order valence-corrected chi connectivity index (χ1v) is 7.04. The topological polar surface area (TPSA) is 91.1 Å². The van der Waals surface area contributed by atoms with E-state index in [1.807, 2.05) is 13.0 Å². The maximum atomic E-state index is 12.4. The summed E-state index contributed by atoms with van der Waals surface area (Å²) in [7, 11) is 3.29. The van der Waals surface area contributed by atoms with Crippen LogP contribution in [-0.4, -0.2) is 40.1 Å². The van der Waals surface area contributed by atoms with E-state index in [4.69, 9.17) is 4.74 Å². The number of aromatic nitrogens is 3. The van der Waals surface area contributed by atoms with Gasteiger partial charge < -0.3 is 14.6 Å². The summed E-state index contributed by atoms with van der Waals surface area (Å²) in [5.41, 5.74) is 2.46. The Morgan fingerprint density at radius 1 is 1.32 bits per heavy atom. The van der Waals surface area contributed by atoms with Crippen LogP contribution in [0.2, 0.25) is 0 Å². The fraction of sp³-hybridized carbons (Fsp3) is 0.400. The third-order valence-corrected chi connectivity index (χ3v) is 3.26. The lowest BCUT2D eigenvalue weighted by Crippen LogP contribution is -2.27. The van der Waals surface area contributed by atoms with Crippen LogP contribution >= 0.6 is 0 Å². The van der Waals surface area contributed by atoms with E-state index in [2.05, 4.69) is 15.2 Å². The highest BCUT2D eigenvalue weighted by Gasteiger charge is 2.14. The summed E-state index contributed by atoms with van der Waals surface area (Å²) in [6.07, 6.45) is 0.668. The second-order valence-electron chi connectivity index (χ2n) is 5.09. The van der Waals surface area contributed by atoms with Crippen molar-refractivity contribution in [3.05, 3.63) is 51.2 Å². The van der Waals surface area contributed by atoms with E-state index >= 15 is 0 Å². The highest BCUT2D eigenvalue weighted by Crippen LogP contribution is 2.08. The number of aryl methyl sites for hydroxylation is 1. The van der Waals surface area contributed by atoms with Crippen molar-refractivity contribution in [2.45, 2.75) is 26.5 Å². The van der Waals surface area contributed by atoms with Crippen LogP contribution in [0, 0.1) is 0 Å². The molecular weight excluding hydrogens is 284 g/mol. The summed E-state index contributed by atoms with van der Waals surface area (Å²) < 4.78 is 5.00. The van der Waals surface area contributed by atoms with E-state index in [0.717, 1.165) is 17.1 Å². The molecule has 0 bridgehead atoms. The third-order valence-electron chi connectivity index (χ3n) is 3.26. The molecule has 0 atom stereocenters. The number of carbonyl (C=O) groups excluding carboxylic acids is 1. The number of hydrogen-bond donors (Lipinski definition) is 2. The van der Waals surface area contributed by atoms with Crippen LogP contribution in [0.1, 0.15) is 34.4 Å². The number of hydrogen-bond acceptors (Lipinski definition) is 4. The molecule has 0 saturated carbocycles. The molecule has 0 aliphatic rings. The first kappa shape index (κ1) is 16.0. The Morgan fingerprint density at radius 2 is 2.09 bits per heavy atom. The lowest BCUT2D eigenvalue weighted by atomic mass is 10.2. The molecule has 2 aromatic heterocycles. The zero-order valence-electron chi connectivity index (χ0n) is 13.0. The minimum Gasteiger partial charge on any atom is -0.378 e. The predicted molar refractivity (Wildman–Crippen MR) is 81.5 cm³/mol. The van der Waals surface area contributed by atoms with Crippen LogP contribution in [0.4, 0.5) is 0 Å². The van der Waals surface area contributed by atoms with Gasteiger partial charge in [-0.2, -0.15) is 5.10 Å². The monoisotopic (exact) mass is 304 g/mol. The van der Waals surface area contributed by atoms with Crippen LogP contribution in [0.15, 0.2) is 23.0 Å². The van der Waals surface area contributed by atoms with Crippen molar-refractivity contribution in [2.24, 2.45) is 0 Å². The standard InChI is InChI=1S/C15H20N4O3/c1-4-11-5-10(6-14(20)16-11)15(21)19(2)8-12-7-13(9-22-3)18-17-12/h5-7H,4,8-9H2,1-3H3,(H,16,20)(H,17,18). The zero-order chi connectivity index (χ0) is 16.1. The molecule has 22 heavy (non-hydrogen) atoms. The average Bonchev–Trinajstić information content (AvgIpc) is 2.93. The minimum atomic E-state index is -0.264. The van der Waals surface area contributed by atoms with E-state index in [1.54, 1.807) is 20.2 Å². The molecule has 0 unspecified atom stereocenters. The number of nitrogens with zero attached hydrogens (tertiary/aromatic N) is 2. The van der Waals surface area contributed by atoms with Crippen molar-refractivity contribution in [3.63, 3.8) is 0 Å². The molecule has 0 spiro atoms. The highest BCUT2D eigenvalue weighted by molar-refractivity contribution is 5.94. The molecule has 0 saturated heterocycles. The van der Waals surface area contributed by atoms with Crippen molar-refractivity contribution in [1.29, 1.82) is 0 Å². The maximum Gasteiger partial charge on any atom is 0.254 e. The van der Waals surface area contributed by atoms with Gasteiger partial charge in [0.15, 0.2) is 0 Å². The molecular formula is C15H20N4O3. The largest absolute Gasteiger partial charge is 0.378 e. The van der Waals surface area contributed by atoms with Gasteiger partial charge in [-0.1, -0.05) is 6.92 Å². The van der Waals surface area contributed by atoms with E-state index in [-0.39, 0.29) is 11.5 Å². The van der Waals surface area contributed by atoms with Crippen LogP contribution in [-0.2, 0) is 24.3 Å². The van der Waals surface area contributed by atoms with Gasteiger partial charge in [0, 0.05) is 31.5 Å². The summed E-state index contributed by atoms with van der Waals surface area (Å²) in [5, 5.41) is 6.96. The molecule has 0 fully saturated rings. The first-order chi connectivity index (χ1) is 10.5. The summed E-state index contributed by atoms with van der Waals surface area (Å²) in [6, 6.07) is 4.88. The van der Waals surface area contributed by atoms with Gasteiger partial charge in [0.1, 0.15) is 0 Å². The van der Waals surface area contributed by atoms with Gasteiger partial charge in [-0.15, -0.1) is 0 Å². The molecule has 118 valence electrons. The molecule has 2 aromatic rings. The lowest BCUT2D eigenvalue weighted by molar-refractivity contribution is 0.0783. The summed E-state index contributed by atoms with van der Waals surface area (Å²) >= 11 is 0. The van der Waals surface area contributed by atoms with E-state index in [1.165, 1.54) is 11.0 Å². The number of pyridine rings is 1. The van der Waals surface area contributed by atoms with Crippen molar-refractivity contribution >= 4 is 5.91 Å². The number of methoxy groups -OCH3 is 1. The molecule has 7 nitrogen and oxygen atoms in total. The number of rotatable bonds is 6. The summed E-state index contributed by atoms with van der Waals surface area (Å²) in [4.78, 5) is 28.2. The van der Waals surface area contributed by atoms with Crippen LogP contribution in [0.5, 0.6) is 0 Å². The summed E-state index contributed by atoms with van der Waals surface area (Å²) in [6.45, 7) is 2.72. The van der Waals surface area contributed by atoms with E-state index < -0.39 is 0 Å². The number of H-pyrrole nitrogens is 2. The Bertz CT molecular complexity index is 705. The molecule has 2 heterocycles. The average molecular weight is 304 g/mol. The molecule has 0 aliphatic heterocycles. The van der Waals surface area contributed by atoms with Crippen LogP contribution in [0.3, 0.4) is 0 Å². The van der Waals surface area contributed by atoms with Gasteiger partial charge in [0.05, 0.1) is 24.5 Å². The van der Waals surface area contributed by atoms with Gasteiger partial charge in [0.25, 0.3) is 5.91 Å². The second-order valence-corrected chi connectivity index (χ2v) is 5.09. The van der Waals surface area contributed by atoms with Crippen LogP contribution < -0.4 is 5.56 Å². The second kappa shape index (κ2) is 7.04. The predicted octanol–water partition coefficient (Wildman–Crippen LogP) is 1.08. The fourth-order valence-corrected chi connectivity index (χ4v) is 2.17. The Morgan fingerprint density at radius 3 is 2.77 bits per heavy atom. The number of ether oxygens (including phenoxy) is 1. The van der Waals surface area contributed by atoms with E-state index in [0.29, 0.717) is 25.1 Å². The number of amides is 1. The molecule has 2 rings (SSSR count). The van der Waals surface area contributed by atoms with Crippen molar-refractivity contribution in [2.75, 3.05) is 14.2 Å². The molecule has 7 heteroatoms. The first-order valence-electron chi connectivity index (χ1n) is 7.04. The van der Waals surface area contributed by atoms with Gasteiger partial charge >= 0.3 is 0 Å². The molecule has 0 aliphatic carbocycles. The Hall–Kier alpha value is -2.41. The van der Waals surface area contributed by atoms with Gasteiger partial charge in [-0.25, -0.2) is 0 Å². The van der Waals surface area contributed by atoms with Crippen molar-refractivity contribution in [3.8, 4) is 0 Å². The molecule has 0 aromatic carbocycles. The number of nitrogens with one attached hydrogen (secondary N) is 2. The fourth-order valence-electron chi connectivity index (χ4n) is 2.17. The Labute approximate surface area is 128 Å². The normalized spacial score (nSPS) is 10.7. The highest BCUT2D eigenvalue weighted by atomic mass is 16.5. The molecule has 2 N–H and O–H groups in total. The Balaban J connectivity index is 2.11. The third kappa shape index (κ3) is 3.82. The van der Waals surface area contributed by atoms with Crippen molar-refractivity contribution in [1.82, 2.24) is 20.1 Å². The van der Waals surface area contributed by atoms with Crippen molar-refractivity contribution < 1.29 is 9.53 Å². The SMILES string of the molecule is CCc1cc(C(=O)N(C)Cc2cc(COC)n[nH]2)cc(=O)[nH]1. The van der Waals surface area contributed by atoms with Gasteiger partial charge in [0.2, 0.25) is 5.56 Å². The molecule has 1 amide bonds. The summed E-state index contributed by atoms with van der Waals surface area (Å²) in [5.74, 6) is -0.205. The zero-order valence-corrected chi connectivity index (χ0v) is 13.0. The smallest absolute Gasteiger partial charge is 0.254 e. The number of carbonyl (C=O) groups is 1. The quantitative estimate of drug-likeness (QED) is 0.835. The Kier molecular flexibility index (Phi) is 5.11. The molecule has 0 radical (unpaired) electrons. The van der Waals surface area contributed by atoms with E-state index in [9.17, 15) is 9.59 Å². The van der Waals surface area contributed by atoms with Crippen LogP contribution in [0.25, 0.3) is 0 Å². The lowest BCUT2D eigenvalue weighted by Gasteiger charge is -2.16. The van der Waals surface area contributed by atoms with Gasteiger partial charge in [-0.05, 0) is 18.6 Å². The number of aromatic amines is 2. The van der Waals surface area contributed by atoms with Gasteiger partial charge in [-0.3, -0.25) is 14.7 Å². The maximum absolute atomic E-state index is 12.4. The minimum absolute atomic E-state index is 0.205.